The summed E-state index contributed by atoms with van der Waals surface area (Å²) in [5.74, 6) is -0.143. The molecular formula is C16H23NO3S2. The van der Waals surface area contributed by atoms with Crippen LogP contribution in [0.2, 0.25) is 0 Å². The van der Waals surface area contributed by atoms with Crippen LogP contribution in [0.1, 0.15) is 30.9 Å². The molecule has 3 unspecified atom stereocenters. The number of hydrogen-bond acceptors (Lipinski definition) is 4. The Kier molecular flexibility index (Phi) is 4.94. The number of hydrogen-bond donors (Lipinski definition) is 1. The fraction of sp³-hybridized carbons (Fsp3) is 0.562. The highest BCUT2D eigenvalue weighted by molar-refractivity contribution is 7.92. The molecule has 1 aromatic carbocycles. The lowest BCUT2D eigenvalue weighted by atomic mass is 9.98. The molecule has 0 aliphatic heterocycles. The third kappa shape index (κ3) is 2.68. The summed E-state index contributed by atoms with van der Waals surface area (Å²) in [6.45, 7) is 3.97. The average molecular weight is 341 g/mol. The second-order valence-electron chi connectivity index (χ2n) is 5.78. The molecule has 0 saturated heterocycles. The van der Waals surface area contributed by atoms with Gasteiger partial charge in [-0.25, -0.2) is 8.42 Å². The van der Waals surface area contributed by atoms with Crippen LogP contribution in [0.3, 0.4) is 0 Å². The van der Waals surface area contributed by atoms with E-state index in [1.54, 1.807) is 14.0 Å². The Morgan fingerprint density at radius 1 is 1.32 bits per heavy atom. The largest absolute Gasteiger partial charge is 0.393 e. The van der Waals surface area contributed by atoms with Gasteiger partial charge < -0.3 is 10.5 Å². The van der Waals surface area contributed by atoms with E-state index in [2.05, 4.69) is 6.92 Å². The van der Waals surface area contributed by atoms with Crippen LogP contribution >= 0.6 is 12.2 Å². The van der Waals surface area contributed by atoms with Crippen molar-refractivity contribution in [3.8, 4) is 0 Å². The summed E-state index contributed by atoms with van der Waals surface area (Å²) in [7, 11) is -1.71. The molecule has 6 heteroatoms. The van der Waals surface area contributed by atoms with E-state index in [0.29, 0.717) is 0 Å². The molecule has 1 aromatic rings. The molecule has 1 aliphatic rings. The summed E-state index contributed by atoms with van der Waals surface area (Å²) in [4.78, 5) is 0.223. The van der Waals surface area contributed by atoms with Gasteiger partial charge in [0.1, 0.15) is 0 Å². The first-order chi connectivity index (χ1) is 10.3. The first-order valence-electron chi connectivity index (χ1n) is 7.44. The summed E-state index contributed by atoms with van der Waals surface area (Å²) in [6.07, 6.45) is 0.945. The van der Waals surface area contributed by atoms with E-state index in [4.69, 9.17) is 22.7 Å². The lowest BCUT2D eigenvalue weighted by molar-refractivity contribution is 0.166. The van der Waals surface area contributed by atoms with Crippen molar-refractivity contribution in [3.05, 3.63) is 35.4 Å². The zero-order chi connectivity index (χ0) is 16.5. The van der Waals surface area contributed by atoms with Crippen LogP contribution in [-0.2, 0) is 21.0 Å². The summed E-state index contributed by atoms with van der Waals surface area (Å²) >= 11 is 5.21. The first-order valence-corrected chi connectivity index (χ1v) is 9.56. The molecule has 2 N–H and O–H groups in total. The fourth-order valence-electron chi connectivity index (χ4n) is 3.32. The van der Waals surface area contributed by atoms with Gasteiger partial charge in [-0.3, -0.25) is 0 Å². The zero-order valence-corrected chi connectivity index (χ0v) is 14.8. The van der Waals surface area contributed by atoms with Crippen molar-refractivity contribution in [1.82, 2.24) is 0 Å². The maximum absolute atomic E-state index is 12.5. The second kappa shape index (κ2) is 6.26. The maximum Gasteiger partial charge on any atom is 0.154 e. The Morgan fingerprint density at radius 3 is 2.32 bits per heavy atom. The Hall–Kier alpha value is -0.980. The average Bonchev–Trinajstić information content (AvgIpc) is 3.19. The van der Waals surface area contributed by atoms with E-state index in [0.717, 1.165) is 12.0 Å². The number of sulfone groups is 1. The molecule has 0 amide bonds. The van der Waals surface area contributed by atoms with Gasteiger partial charge in [-0.1, -0.05) is 50.3 Å². The van der Waals surface area contributed by atoms with E-state index in [-0.39, 0.29) is 23.3 Å². The summed E-state index contributed by atoms with van der Waals surface area (Å²) in [6, 6.07) is 8.02. The third-order valence-electron chi connectivity index (χ3n) is 4.63. The van der Waals surface area contributed by atoms with Crippen molar-refractivity contribution < 1.29 is 13.2 Å². The molecule has 0 bridgehead atoms. The van der Waals surface area contributed by atoms with Crippen molar-refractivity contribution in [2.75, 3.05) is 19.5 Å². The van der Waals surface area contributed by atoms with Gasteiger partial charge in [0.25, 0.3) is 0 Å². The van der Waals surface area contributed by atoms with E-state index in [1.165, 1.54) is 5.56 Å². The quantitative estimate of drug-likeness (QED) is 0.769. The van der Waals surface area contributed by atoms with Crippen LogP contribution in [0.25, 0.3) is 0 Å². The third-order valence-corrected chi connectivity index (χ3v) is 7.29. The molecule has 3 atom stereocenters. The summed E-state index contributed by atoms with van der Waals surface area (Å²) < 4.78 is 30.3. The number of ether oxygens (including phenoxy) is 1. The standard InChI is InChI=1S/C16H23NO3S2/c1-4-11-6-8-12(9-7-11)13-14(22(18,19)5-2)16(13,10-20-3)15(17)21/h6-9,13-14H,4-5,10H2,1-3H3,(H2,17,21). The molecule has 1 saturated carbocycles. The van der Waals surface area contributed by atoms with Gasteiger partial charge in [0.15, 0.2) is 9.84 Å². The van der Waals surface area contributed by atoms with Gasteiger partial charge in [0.2, 0.25) is 0 Å². The maximum atomic E-state index is 12.5. The van der Waals surface area contributed by atoms with Crippen molar-refractivity contribution in [1.29, 1.82) is 0 Å². The van der Waals surface area contributed by atoms with E-state index < -0.39 is 20.5 Å². The number of nitrogens with two attached hydrogens (primary N) is 1. The molecule has 0 radical (unpaired) electrons. The second-order valence-corrected chi connectivity index (χ2v) is 8.63. The van der Waals surface area contributed by atoms with Gasteiger partial charge >= 0.3 is 0 Å². The number of benzene rings is 1. The topological polar surface area (TPSA) is 69.4 Å². The molecular weight excluding hydrogens is 318 g/mol. The molecule has 22 heavy (non-hydrogen) atoms. The van der Waals surface area contributed by atoms with Crippen LogP contribution in [0.4, 0.5) is 0 Å². The van der Waals surface area contributed by atoms with Crippen molar-refractivity contribution >= 4 is 27.0 Å². The predicted octanol–water partition coefficient (Wildman–Crippen LogP) is 2.07. The van der Waals surface area contributed by atoms with Crippen molar-refractivity contribution in [3.63, 3.8) is 0 Å². The van der Waals surface area contributed by atoms with Gasteiger partial charge in [-0.2, -0.15) is 0 Å². The highest BCUT2D eigenvalue weighted by atomic mass is 32.2. The Labute approximate surface area is 138 Å². The zero-order valence-electron chi connectivity index (χ0n) is 13.2. The minimum atomic E-state index is -3.26. The van der Waals surface area contributed by atoms with Crippen LogP contribution in [0.15, 0.2) is 24.3 Å². The van der Waals surface area contributed by atoms with Gasteiger partial charge in [-0.15, -0.1) is 0 Å². The van der Waals surface area contributed by atoms with Crippen LogP contribution in [0.5, 0.6) is 0 Å². The van der Waals surface area contributed by atoms with Gasteiger partial charge in [-0.05, 0) is 17.5 Å². The Balaban J connectivity index is 2.48. The number of methoxy groups -OCH3 is 1. The van der Waals surface area contributed by atoms with E-state index in [1.807, 2.05) is 24.3 Å². The molecule has 4 nitrogen and oxygen atoms in total. The minimum absolute atomic E-state index is 0.0787. The van der Waals surface area contributed by atoms with Gasteiger partial charge in [0, 0.05) is 18.8 Å². The molecule has 0 aromatic heterocycles. The SMILES string of the molecule is CCc1ccc(C2C(S(=O)(=O)CC)C2(COC)C(N)=S)cc1. The Bertz CT molecular complexity index is 654. The first kappa shape index (κ1) is 17.4. The van der Waals surface area contributed by atoms with Crippen molar-refractivity contribution in [2.45, 2.75) is 31.4 Å². The van der Waals surface area contributed by atoms with E-state index >= 15 is 0 Å². The number of rotatable bonds is 7. The summed E-state index contributed by atoms with van der Waals surface area (Å²) in [5, 5.41) is -0.588. The molecule has 0 heterocycles. The minimum Gasteiger partial charge on any atom is -0.393 e. The number of thiocarbonyl (C=S) groups is 1. The normalized spacial score (nSPS) is 27.6. The highest BCUT2D eigenvalue weighted by Crippen LogP contribution is 2.63. The Morgan fingerprint density at radius 2 is 1.91 bits per heavy atom. The van der Waals surface area contributed by atoms with Crippen LogP contribution in [-0.4, -0.2) is 38.1 Å². The van der Waals surface area contributed by atoms with Crippen LogP contribution < -0.4 is 5.73 Å². The predicted molar refractivity (Wildman–Crippen MR) is 92.9 cm³/mol. The van der Waals surface area contributed by atoms with Crippen LogP contribution in [0, 0.1) is 5.41 Å². The fourth-order valence-corrected chi connectivity index (χ4v) is 5.79. The molecule has 2 rings (SSSR count). The molecule has 122 valence electrons. The van der Waals surface area contributed by atoms with E-state index in [9.17, 15) is 8.42 Å². The number of aryl methyl sites for hydroxylation is 1. The highest BCUT2D eigenvalue weighted by Gasteiger charge is 2.72. The lowest BCUT2D eigenvalue weighted by Crippen LogP contribution is -2.33. The monoisotopic (exact) mass is 341 g/mol. The smallest absolute Gasteiger partial charge is 0.154 e. The summed E-state index contributed by atoms with van der Waals surface area (Å²) in [5.41, 5.74) is 7.32. The lowest BCUT2D eigenvalue weighted by Gasteiger charge is -2.15. The molecule has 0 spiro atoms. The molecule has 1 fully saturated rings. The molecule has 1 aliphatic carbocycles. The van der Waals surface area contributed by atoms with Crippen molar-refractivity contribution in [2.24, 2.45) is 11.1 Å². The van der Waals surface area contributed by atoms with Gasteiger partial charge in [0.05, 0.1) is 22.3 Å².